The second-order valence-corrected chi connectivity index (χ2v) is 5.21. The summed E-state index contributed by atoms with van der Waals surface area (Å²) in [5.41, 5.74) is 1.04. The van der Waals surface area contributed by atoms with Crippen LogP contribution in [0.15, 0.2) is 36.4 Å². The molecule has 1 N–H and O–H groups in total. The molecule has 3 nitrogen and oxygen atoms in total. The molecule has 0 aliphatic carbocycles. The first-order valence-electron chi connectivity index (χ1n) is 5.57. The van der Waals surface area contributed by atoms with Crippen LogP contribution in [0.1, 0.15) is 15.9 Å². The summed E-state index contributed by atoms with van der Waals surface area (Å²) in [5.74, 6) is -0.548. The minimum atomic E-state index is -0.968. The normalized spacial score (nSPS) is 10.3. The smallest absolute Gasteiger partial charge is 0.335 e. The molecule has 0 radical (unpaired) electrons. The Morgan fingerprint density at radius 1 is 1.00 bits per heavy atom. The molecule has 0 amide bonds. The van der Waals surface area contributed by atoms with Gasteiger partial charge in [-0.25, -0.2) is 4.79 Å². The summed E-state index contributed by atoms with van der Waals surface area (Å²) < 4.78 is 5.54. The maximum absolute atomic E-state index is 10.7. The molecule has 2 rings (SSSR count). The van der Waals surface area contributed by atoms with E-state index >= 15 is 0 Å². The van der Waals surface area contributed by atoms with Gasteiger partial charge in [-0.15, -0.1) is 0 Å². The van der Waals surface area contributed by atoms with Crippen molar-refractivity contribution in [2.75, 3.05) is 0 Å². The van der Waals surface area contributed by atoms with Crippen LogP contribution in [-0.2, 0) is 6.61 Å². The van der Waals surface area contributed by atoms with Crippen molar-refractivity contribution in [3.63, 3.8) is 0 Å². The van der Waals surface area contributed by atoms with Gasteiger partial charge in [0.2, 0.25) is 0 Å². The van der Waals surface area contributed by atoms with Crippen molar-refractivity contribution < 1.29 is 14.6 Å². The Morgan fingerprint density at radius 3 is 2.20 bits per heavy atom. The third kappa shape index (κ3) is 3.57. The van der Waals surface area contributed by atoms with Crippen LogP contribution in [0, 0.1) is 0 Å². The number of ether oxygens (including phenoxy) is 1. The van der Waals surface area contributed by atoms with Crippen LogP contribution >= 0.6 is 34.8 Å². The van der Waals surface area contributed by atoms with Crippen molar-refractivity contribution >= 4 is 40.8 Å². The zero-order valence-electron chi connectivity index (χ0n) is 10.1. The molecule has 2 aromatic carbocycles. The summed E-state index contributed by atoms with van der Waals surface area (Å²) in [4.78, 5) is 10.7. The summed E-state index contributed by atoms with van der Waals surface area (Å²) in [6.45, 7) is 0.248. The number of carbonyl (C=O) groups is 1. The van der Waals surface area contributed by atoms with Crippen LogP contribution < -0.4 is 4.74 Å². The standard InChI is InChI=1S/C14H9Cl3O3/c15-10-5-12(17)13(6-11(10)16)20-7-8-1-3-9(4-2-8)14(18)19/h1-6H,7H2,(H,18,19). The number of hydrogen-bond donors (Lipinski definition) is 1. The van der Waals surface area contributed by atoms with Crippen LogP contribution in [0.25, 0.3) is 0 Å². The average molecular weight is 332 g/mol. The first-order chi connectivity index (χ1) is 9.47. The summed E-state index contributed by atoms with van der Waals surface area (Å²) in [7, 11) is 0. The van der Waals surface area contributed by atoms with Crippen molar-refractivity contribution in [3.05, 3.63) is 62.6 Å². The van der Waals surface area contributed by atoms with Gasteiger partial charge in [0.1, 0.15) is 12.4 Å². The predicted molar refractivity (Wildman–Crippen MR) is 79.2 cm³/mol. The Hall–Kier alpha value is -1.42. The third-order valence-electron chi connectivity index (χ3n) is 2.57. The number of aromatic carboxylic acids is 1. The maximum Gasteiger partial charge on any atom is 0.335 e. The molecule has 20 heavy (non-hydrogen) atoms. The van der Waals surface area contributed by atoms with Crippen molar-refractivity contribution in [2.45, 2.75) is 6.61 Å². The Kier molecular flexibility index (Phi) is 4.76. The quantitative estimate of drug-likeness (QED) is 0.809. The number of halogens is 3. The van der Waals surface area contributed by atoms with Gasteiger partial charge in [0.05, 0.1) is 20.6 Å². The molecule has 2 aromatic rings. The molecule has 0 saturated heterocycles. The first-order valence-corrected chi connectivity index (χ1v) is 6.70. The van der Waals surface area contributed by atoms with E-state index < -0.39 is 5.97 Å². The van der Waals surface area contributed by atoms with E-state index in [1.807, 2.05) is 0 Å². The van der Waals surface area contributed by atoms with E-state index in [4.69, 9.17) is 44.6 Å². The summed E-state index contributed by atoms with van der Waals surface area (Å²) in [6.07, 6.45) is 0. The Morgan fingerprint density at radius 2 is 1.60 bits per heavy atom. The molecule has 0 aliphatic rings. The lowest BCUT2D eigenvalue weighted by Crippen LogP contribution is -1.99. The predicted octanol–water partition coefficient (Wildman–Crippen LogP) is 4.92. The van der Waals surface area contributed by atoms with E-state index in [9.17, 15) is 4.79 Å². The van der Waals surface area contributed by atoms with Crippen LogP contribution in [0.4, 0.5) is 0 Å². The zero-order chi connectivity index (χ0) is 14.7. The largest absolute Gasteiger partial charge is 0.487 e. The van der Waals surface area contributed by atoms with Crippen LogP contribution in [0.3, 0.4) is 0 Å². The zero-order valence-corrected chi connectivity index (χ0v) is 12.3. The van der Waals surface area contributed by atoms with Gasteiger partial charge in [0.15, 0.2) is 0 Å². The summed E-state index contributed by atoms with van der Waals surface area (Å²) in [5, 5.41) is 9.87. The number of carboxylic acids is 1. The van der Waals surface area contributed by atoms with E-state index in [0.29, 0.717) is 20.8 Å². The van der Waals surface area contributed by atoms with Gasteiger partial charge in [0, 0.05) is 6.07 Å². The highest BCUT2D eigenvalue weighted by molar-refractivity contribution is 6.43. The van der Waals surface area contributed by atoms with Gasteiger partial charge in [0.25, 0.3) is 0 Å². The number of hydrogen-bond acceptors (Lipinski definition) is 2. The van der Waals surface area contributed by atoms with Gasteiger partial charge in [-0.3, -0.25) is 0 Å². The van der Waals surface area contributed by atoms with Crippen molar-refractivity contribution in [1.29, 1.82) is 0 Å². The fraction of sp³-hybridized carbons (Fsp3) is 0.0714. The fourth-order valence-electron chi connectivity index (χ4n) is 1.52. The molecule has 0 fully saturated rings. The van der Waals surface area contributed by atoms with E-state index in [1.54, 1.807) is 12.1 Å². The molecule has 6 heteroatoms. The second kappa shape index (κ2) is 6.35. The van der Waals surface area contributed by atoms with E-state index in [0.717, 1.165) is 5.56 Å². The Balaban J connectivity index is 2.09. The van der Waals surface area contributed by atoms with Crippen molar-refractivity contribution in [3.8, 4) is 5.75 Å². The lowest BCUT2D eigenvalue weighted by Gasteiger charge is -2.09. The highest BCUT2D eigenvalue weighted by Gasteiger charge is 2.08. The topological polar surface area (TPSA) is 46.5 Å². The molecule has 104 valence electrons. The summed E-state index contributed by atoms with van der Waals surface area (Å²) in [6, 6.07) is 9.42. The van der Waals surface area contributed by atoms with Crippen LogP contribution in [0.5, 0.6) is 5.75 Å². The van der Waals surface area contributed by atoms with Gasteiger partial charge in [-0.2, -0.15) is 0 Å². The molecular weight excluding hydrogens is 323 g/mol. The van der Waals surface area contributed by atoms with E-state index in [2.05, 4.69) is 0 Å². The number of rotatable bonds is 4. The van der Waals surface area contributed by atoms with Gasteiger partial charge >= 0.3 is 5.97 Å². The lowest BCUT2D eigenvalue weighted by molar-refractivity contribution is 0.0697. The highest BCUT2D eigenvalue weighted by Crippen LogP contribution is 2.34. The highest BCUT2D eigenvalue weighted by atomic mass is 35.5. The number of benzene rings is 2. The second-order valence-electron chi connectivity index (χ2n) is 3.99. The monoisotopic (exact) mass is 330 g/mol. The molecule has 0 heterocycles. The van der Waals surface area contributed by atoms with Crippen molar-refractivity contribution in [1.82, 2.24) is 0 Å². The maximum atomic E-state index is 10.7. The van der Waals surface area contributed by atoms with Gasteiger partial charge in [-0.05, 0) is 23.8 Å². The van der Waals surface area contributed by atoms with Crippen LogP contribution in [-0.4, -0.2) is 11.1 Å². The Labute approximate surface area is 130 Å². The fourth-order valence-corrected chi connectivity index (χ4v) is 2.11. The minimum absolute atomic E-state index is 0.223. The van der Waals surface area contributed by atoms with E-state index in [-0.39, 0.29) is 12.2 Å². The van der Waals surface area contributed by atoms with Gasteiger partial charge < -0.3 is 9.84 Å². The average Bonchev–Trinajstić information content (AvgIpc) is 2.42. The van der Waals surface area contributed by atoms with Crippen LogP contribution in [0.2, 0.25) is 15.1 Å². The SMILES string of the molecule is O=C(O)c1ccc(COc2cc(Cl)c(Cl)cc2Cl)cc1. The minimum Gasteiger partial charge on any atom is -0.487 e. The molecule has 0 aromatic heterocycles. The number of carboxylic acid groups (broad SMARTS) is 1. The molecule has 0 spiro atoms. The molecule has 0 aliphatic heterocycles. The van der Waals surface area contributed by atoms with Crippen molar-refractivity contribution in [2.24, 2.45) is 0 Å². The summed E-state index contributed by atoms with van der Waals surface area (Å²) >= 11 is 17.7. The molecule has 0 unspecified atom stereocenters. The molecule has 0 saturated carbocycles. The Bertz CT molecular complexity index is 639. The molecule has 0 atom stereocenters. The molecular formula is C14H9Cl3O3. The molecule has 0 bridgehead atoms. The van der Waals surface area contributed by atoms with E-state index in [1.165, 1.54) is 24.3 Å². The first kappa shape index (κ1) is 15.0. The lowest BCUT2D eigenvalue weighted by atomic mass is 10.1. The third-order valence-corrected chi connectivity index (χ3v) is 3.59. The van der Waals surface area contributed by atoms with Gasteiger partial charge in [-0.1, -0.05) is 46.9 Å².